The van der Waals surface area contributed by atoms with E-state index in [0.717, 1.165) is 6.07 Å². The highest BCUT2D eigenvalue weighted by molar-refractivity contribution is 6.29. The number of fused-ring (bicyclic) bond motifs is 1. The van der Waals surface area contributed by atoms with Crippen molar-refractivity contribution in [3.63, 3.8) is 0 Å². The molecule has 0 N–H and O–H groups in total. The molecule has 0 radical (unpaired) electrons. The molecule has 1 aromatic carbocycles. The van der Waals surface area contributed by atoms with Gasteiger partial charge in [-0.2, -0.15) is 10.4 Å². The van der Waals surface area contributed by atoms with E-state index in [2.05, 4.69) is 10.1 Å². The maximum absolute atomic E-state index is 13.7. The van der Waals surface area contributed by atoms with Gasteiger partial charge in [0.2, 0.25) is 0 Å². The fourth-order valence-corrected chi connectivity index (χ4v) is 2.23. The van der Waals surface area contributed by atoms with Gasteiger partial charge < -0.3 is 4.74 Å². The molecule has 0 aliphatic carbocycles. The van der Waals surface area contributed by atoms with Crippen molar-refractivity contribution >= 4 is 17.2 Å². The zero-order valence-electron chi connectivity index (χ0n) is 10.8. The van der Waals surface area contributed by atoms with Gasteiger partial charge in [-0.15, -0.1) is 0 Å². The van der Waals surface area contributed by atoms with Crippen molar-refractivity contribution in [2.45, 2.75) is 0 Å². The third-order valence-corrected chi connectivity index (χ3v) is 3.21. The molecule has 3 aromatic rings. The standard InChI is InChI=1S/C14H8ClFN4O/c1-21-12-5-8(16)4-9(10(12)6-17)11-7-18-14-3-2-13(15)19-20(11)14/h2-5,7H,1H3. The van der Waals surface area contributed by atoms with E-state index in [0.29, 0.717) is 16.9 Å². The molecule has 0 saturated heterocycles. The quantitative estimate of drug-likeness (QED) is 0.730. The molecule has 0 amide bonds. The number of rotatable bonds is 2. The van der Waals surface area contributed by atoms with Crippen LogP contribution in [0, 0.1) is 17.1 Å². The number of nitriles is 1. The minimum Gasteiger partial charge on any atom is -0.495 e. The molecular weight excluding hydrogens is 295 g/mol. The van der Waals surface area contributed by atoms with Crippen molar-refractivity contribution in [3.8, 4) is 23.1 Å². The summed E-state index contributed by atoms with van der Waals surface area (Å²) in [6.07, 6.45) is 1.51. The van der Waals surface area contributed by atoms with Gasteiger partial charge in [0.15, 0.2) is 5.65 Å². The lowest BCUT2D eigenvalue weighted by Gasteiger charge is -2.08. The van der Waals surface area contributed by atoms with Crippen molar-refractivity contribution < 1.29 is 9.13 Å². The second-order valence-corrected chi connectivity index (χ2v) is 4.60. The Labute approximate surface area is 124 Å². The van der Waals surface area contributed by atoms with E-state index in [1.165, 1.54) is 23.9 Å². The molecule has 0 bridgehead atoms. The van der Waals surface area contributed by atoms with E-state index in [9.17, 15) is 9.65 Å². The van der Waals surface area contributed by atoms with Gasteiger partial charge in [0.1, 0.15) is 28.4 Å². The Kier molecular flexibility index (Phi) is 3.20. The van der Waals surface area contributed by atoms with Crippen LogP contribution in [0.4, 0.5) is 4.39 Å². The van der Waals surface area contributed by atoms with Crippen LogP contribution in [0.1, 0.15) is 5.56 Å². The van der Waals surface area contributed by atoms with Crippen LogP contribution in [0.25, 0.3) is 16.9 Å². The molecule has 104 valence electrons. The first-order valence-electron chi connectivity index (χ1n) is 5.92. The van der Waals surface area contributed by atoms with Gasteiger partial charge in [-0.05, 0) is 18.2 Å². The molecule has 7 heteroatoms. The molecule has 0 atom stereocenters. The first-order chi connectivity index (χ1) is 10.1. The lowest BCUT2D eigenvalue weighted by atomic mass is 10.0. The Morgan fingerprint density at radius 2 is 2.19 bits per heavy atom. The molecule has 2 heterocycles. The summed E-state index contributed by atoms with van der Waals surface area (Å²) in [6.45, 7) is 0. The number of aromatic nitrogens is 3. The summed E-state index contributed by atoms with van der Waals surface area (Å²) in [5.74, 6) is -0.359. The maximum atomic E-state index is 13.7. The van der Waals surface area contributed by atoms with Gasteiger partial charge >= 0.3 is 0 Å². The lowest BCUT2D eigenvalue weighted by molar-refractivity contribution is 0.410. The number of imidazole rings is 1. The fraction of sp³-hybridized carbons (Fsp3) is 0.0714. The number of methoxy groups -OCH3 is 1. The number of nitrogens with zero attached hydrogens (tertiary/aromatic N) is 4. The summed E-state index contributed by atoms with van der Waals surface area (Å²) >= 11 is 5.88. The topological polar surface area (TPSA) is 63.2 Å². The van der Waals surface area contributed by atoms with Gasteiger partial charge in [-0.25, -0.2) is 13.9 Å². The first kappa shape index (κ1) is 13.3. The molecule has 3 rings (SSSR count). The summed E-state index contributed by atoms with van der Waals surface area (Å²) in [7, 11) is 1.38. The highest BCUT2D eigenvalue weighted by Crippen LogP contribution is 2.31. The largest absolute Gasteiger partial charge is 0.495 e. The molecule has 5 nitrogen and oxygen atoms in total. The smallest absolute Gasteiger partial charge is 0.154 e. The van der Waals surface area contributed by atoms with E-state index >= 15 is 0 Å². The second-order valence-electron chi connectivity index (χ2n) is 4.21. The Hall–Kier alpha value is -2.65. The molecule has 0 fully saturated rings. The molecule has 2 aromatic heterocycles. The summed E-state index contributed by atoms with van der Waals surface area (Å²) in [6, 6.07) is 7.70. The van der Waals surface area contributed by atoms with Gasteiger partial charge in [0.05, 0.1) is 19.0 Å². The first-order valence-corrected chi connectivity index (χ1v) is 6.30. The van der Waals surface area contributed by atoms with E-state index in [-0.39, 0.29) is 16.5 Å². The Morgan fingerprint density at radius 1 is 1.38 bits per heavy atom. The van der Waals surface area contributed by atoms with Crippen LogP contribution in [0.5, 0.6) is 5.75 Å². The Morgan fingerprint density at radius 3 is 2.90 bits per heavy atom. The Balaban J connectivity index is 2.35. The van der Waals surface area contributed by atoms with Crippen molar-refractivity contribution in [3.05, 3.63) is 47.0 Å². The summed E-state index contributed by atoms with van der Waals surface area (Å²) in [4.78, 5) is 4.17. The van der Waals surface area contributed by atoms with Gasteiger partial charge in [0, 0.05) is 11.6 Å². The summed E-state index contributed by atoms with van der Waals surface area (Å²) < 4.78 is 20.2. The van der Waals surface area contributed by atoms with Crippen LogP contribution in [0.15, 0.2) is 30.5 Å². The van der Waals surface area contributed by atoms with E-state index in [1.807, 2.05) is 6.07 Å². The normalized spacial score (nSPS) is 10.6. The van der Waals surface area contributed by atoms with Crippen LogP contribution in [0.2, 0.25) is 5.15 Å². The third-order valence-electron chi connectivity index (χ3n) is 3.00. The minimum atomic E-state index is -0.516. The Bertz CT molecular complexity index is 885. The highest BCUT2D eigenvalue weighted by atomic mass is 35.5. The van der Waals surface area contributed by atoms with Crippen LogP contribution in [0.3, 0.4) is 0 Å². The average molecular weight is 303 g/mol. The molecule has 0 aliphatic heterocycles. The van der Waals surface area contributed by atoms with Crippen LogP contribution < -0.4 is 4.74 Å². The number of halogens is 2. The number of hydrogen-bond acceptors (Lipinski definition) is 4. The molecule has 0 spiro atoms. The van der Waals surface area contributed by atoms with Crippen molar-refractivity contribution in [1.82, 2.24) is 14.6 Å². The maximum Gasteiger partial charge on any atom is 0.154 e. The predicted molar refractivity (Wildman–Crippen MR) is 74.7 cm³/mol. The van der Waals surface area contributed by atoms with Crippen molar-refractivity contribution in [2.75, 3.05) is 7.11 Å². The van der Waals surface area contributed by atoms with Gasteiger partial charge in [0.25, 0.3) is 0 Å². The monoisotopic (exact) mass is 302 g/mol. The van der Waals surface area contributed by atoms with Crippen molar-refractivity contribution in [2.24, 2.45) is 0 Å². The fourth-order valence-electron chi connectivity index (χ4n) is 2.09. The highest BCUT2D eigenvalue weighted by Gasteiger charge is 2.17. The lowest BCUT2D eigenvalue weighted by Crippen LogP contribution is -1.98. The number of hydrogen-bond donors (Lipinski definition) is 0. The summed E-state index contributed by atoms with van der Waals surface area (Å²) in [5, 5.41) is 13.7. The number of benzene rings is 1. The van der Waals surface area contributed by atoms with Crippen molar-refractivity contribution in [1.29, 1.82) is 5.26 Å². The van der Waals surface area contributed by atoms with Crippen LogP contribution in [-0.2, 0) is 0 Å². The molecule has 21 heavy (non-hydrogen) atoms. The van der Waals surface area contributed by atoms with Gasteiger partial charge in [-0.1, -0.05) is 11.6 Å². The third kappa shape index (κ3) is 2.18. The molecule has 0 saturated carbocycles. The molecule has 0 aliphatic rings. The second kappa shape index (κ2) is 5.04. The van der Waals surface area contributed by atoms with E-state index in [4.69, 9.17) is 16.3 Å². The SMILES string of the molecule is COc1cc(F)cc(-c2cnc3ccc(Cl)nn23)c1C#N. The van der Waals surface area contributed by atoms with Crippen LogP contribution in [-0.4, -0.2) is 21.7 Å². The minimum absolute atomic E-state index is 0.157. The summed E-state index contributed by atoms with van der Waals surface area (Å²) in [5.41, 5.74) is 1.56. The zero-order chi connectivity index (χ0) is 15.0. The van der Waals surface area contributed by atoms with Crippen LogP contribution >= 0.6 is 11.6 Å². The predicted octanol–water partition coefficient (Wildman–Crippen LogP) is 3.07. The average Bonchev–Trinajstić information content (AvgIpc) is 2.89. The van der Waals surface area contributed by atoms with E-state index in [1.54, 1.807) is 12.1 Å². The number of ether oxygens (including phenoxy) is 1. The molecule has 0 unspecified atom stereocenters. The molecular formula is C14H8ClFN4O. The van der Waals surface area contributed by atoms with Gasteiger partial charge in [-0.3, -0.25) is 0 Å². The van der Waals surface area contributed by atoms with E-state index < -0.39 is 5.82 Å². The zero-order valence-corrected chi connectivity index (χ0v) is 11.6.